The monoisotopic (exact) mass is 284 g/mol. The van der Waals surface area contributed by atoms with E-state index in [1.807, 2.05) is 18.2 Å². The number of halogens is 1. The third-order valence-corrected chi connectivity index (χ3v) is 3.17. The summed E-state index contributed by atoms with van der Waals surface area (Å²) in [6, 6.07) is 14.0. The Morgan fingerprint density at radius 2 is 1.85 bits per heavy atom. The van der Waals surface area contributed by atoms with Crippen LogP contribution in [0, 0.1) is 5.21 Å². The molecular formula is C15H9ClN2O2. The van der Waals surface area contributed by atoms with Crippen molar-refractivity contribution < 1.29 is 4.73 Å². The first-order valence-corrected chi connectivity index (χ1v) is 6.32. The Bertz CT molecular complexity index is 851. The van der Waals surface area contributed by atoms with Gasteiger partial charge in [-0.25, -0.2) is 4.98 Å². The first-order valence-electron chi connectivity index (χ1n) is 5.94. The van der Waals surface area contributed by atoms with E-state index in [-0.39, 0.29) is 0 Å². The summed E-state index contributed by atoms with van der Waals surface area (Å²) < 4.78 is 0.545. The van der Waals surface area contributed by atoms with Crippen molar-refractivity contribution in [2.24, 2.45) is 0 Å². The minimum absolute atomic E-state index is 0.359. The molecule has 2 aromatic carbocycles. The molecule has 0 bridgehead atoms. The minimum atomic E-state index is -0.588. The van der Waals surface area contributed by atoms with Crippen molar-refractivity contribution in [3.63, 3.8) is 0 Å². The van der Waals surface area contributed by atoms with Crippen molar-refractivity contribution in [2.75, 3.05) is 0 Å². The molecule has 0 atom stereocenters. The molecule has 3 rings (SSSR count). The normalized spacial score (nSPS) is 10.7. The standard InChI is InChI=1S/C15H9ClN2O2/c16-11-6-7-13-12(8-11)15(10-4-2-1-3-5-10)18(20)9-14(19)17-13/h1-9H. The number of aromatic nitrogens is 2. The summed E-state index contributed by atoms with van der Waals surface area (Å²) in [5.74, 6) is 0. The second kappa shape index (κ2) is 4.90. The van der Waals surface area contributed by atoms with Crippen LogP contribution in [0.15, 0.2) is 59.5 Å². The Balaban J connectivity index is 2.53. The van der Waals surface area contributed by atoms with E-state index in [0.717, 1.165) is 6.20 Å². The Morgan fingerprint density at radius 1 is 1.10 bits per heavy atom. The maximum absolute atomic E-state index is 12.2. The fourth-order valence-corrected chi connectivity index (χ4v) is 2.28. The molecule has 4 nitrogen and oxygen atoms in total. The highest BCUT2D eigenvalue weighted by atomic mass is 35.5. The lowest BCUT2D eigenvalue weighted by Gasteiger charge is -2.03. The number of fused-ring (bicyclic) bond motifs is 1. The number of rotatable bonds is 1. The number of hydrogen-bond acceptors (Lipinski definition) is 3. The number of hydrogen-bond donors (Lipinski definition) is 0. The quantitative estimate of drug-likeness (QED) is 0.510. The molecule has 0 radical (unpaired) electrons. The van der Waals surface area contributed by atoms with E-state index in [1.165, 1.54) is 0 Å². The highest BCUT2D eigenvalue weighted by Crippen LogP contribution is 2.25. The molecule has 0 amide bonds. The Morgan fingerprint density at radius 3 is 2.60 bits per heavy atom. The molecule has 3 aromatic rings. The molecule has 0 N–H and O–H groups in total. The van der Waals surface area contributed by atoms with Crippen LogP contribution < -0.4 is 10.3 Å². The van der Waals surface area contributed by atoms with Crippen LogP contribution in [0.3, 0.4) is 0 Å². The molecule has 0 fully saturated rings. The van der Waals surface area contributed by atoms with Crippen LogP contribution in [0.5, 0.6) is 0 Å². The van der Waals surface area contributed by atoms with Crippen molar-refractivity contribution in [1.82, 2.24) is 4.98 Å². The smallest absolute Gasteiger partial charge is 0.335 e. The molecule has 20 heavy (non-hydrogen) atoms. The Labute approximate surface area is 119 Å². The molecule has 0 aliphatic carbocycles. The molecule has 0 aliphatic rings. The largest absolute Gasteiger partial charge is 0.618 e. The molecule has 98 valence electrons. The van der Waals surface area contributed by atoms with Crippen LogP contribution in [0.25, 0.3) is 22.2 Å². The van der Waals surface area contributed by atoms with E-state index in [9.17, 15) is 10.0 Å². The SMILES string of the molecule is O=c1c[n+]([O-])c(-c2ccccc2)c2cc(Cl)ccc2n1. The lowest BCUT2D eigenvalue weighted by atomic mass is 10.1. The van der Waals surface area contributed by atoms with E-state index in [2.05, 4.69) is 4.98 Å². The van der Waals surface area contributed by atoms with Crippen molar-refractivity contribution in [1.29, 1.82) is 0 Å². The summed E-state index contributed by atoms with van der Waals surface area (Å²) in [5, 5.41) is 13.2. The van der Waals surface area contributed by atoms with Crippen LogP contribution >= 0.6 is 11.6 Å². The average molecular weight is 285 g/mol. The first kappa shape index (κ1) is 12.6. The van der Waals surface area contributed by atoms with E-state index < -0.39 is 5.56 Å². The fraction of sp³-hybridized carbons (Fsp3) is 0. The van der Waals surface area contributed by atoms with Crippen LogP contribution in [-0.2, 0) is 0 Å². The van der Waals surface area contributed by atoms with Crippen LogP contribution in [0.1, 0.15) is 0 Å². The van der Waals surface area contributed by atoms with Gasteiger partial charge in [0.2, 0.25) is 11.9 Å². The van der Waals surface area contributed by atoms with Gasteiger partial charge in [-0.1, -0.05) is 29.8 Å². The second-order valence-corrected chi connectivity index (χ2v) is 4.72. The van der Waals surface area contributed by atoms with E-state index in [1.54, 1.807) is 30.3 Å². The molecule has 0 aliphatic heterocycles. The Hall–Kier alpha value is -2.46. The summed E-state index contributed by atoms with van der Waals surface area (Å²) in [7, 11) is 0. The predicted octanol–water partition coefficient (Wildman–Crippen LogP) is 2.55. The van der Waals surface area contributed by atoms with Gasteiger partial charge in [0.15, 0.2) is 0 Å². The zero-order chi connectivity index (χ0) is 14.1. The summed E-state index contributed by atoms with van der Waals surface area (Å²) in [6.07, 6.45) is 0.927. The molecule has 1 aromatic heterocycles. The van der Waals surface area contributed by atoms with Crippen molar-refractivity contribution in [3.8, 4) is 11.3 Å². The van der Waals surface area contributed by atoms with Crippen molar-refractivity contribution in [2.45, 2.75) is 0 Å². The van der Waals surface area contributed by atoms with Gasteiger partial charge in [-0.3, -0.25) is 4.79 Å². The van der Waals surface area contributed by atoms with Gasteiger partial charge in [0, 0.05) is 10.6 Å². The molecule has 0 saturated carbocycles. The van der Waals surface area contributed by atoms with Gasteiger partial charge in [0.1, 0.15) is 0 Å². The number of nitrogens with zero attached hydrogens (tertiary/aromatic N) is 2. The second-order valence-electron chi connectivity index (χ2n) is 4.28. The molecular weight excluding hydrogens is 276 g/mol. The molecule has 5 heteroatoms. The van der Waals surface area contributed by atoms with Gasteiger partial charge in [0.25, 0.3) is 0 Å². The van der Waals surface area contributed by atoms with Gasteiger partial charge >= 0.3 is 5.56 Å². The molecule has 0 spiro atoms. The third kappa shape index (κ3) is 2.21. The highest BCUT2D eigenvalue weighted by molar-refractivity contribution is 6.31. The predicted molar refractivity (Wildman–Crippen MR) is 77.4 cm³/mol. The van der Waals surface area contributed by atoms with E-state index in [0.29, 0.717) is 31.9 Å². The average Bonchev–Trinajstić information content (AvgIpc) is 2.54. The summed E-state index contributed by atoms with van der Waals surface area (Å²) >= 11 is 6.00. The lowest BCUT2D eigenvalue weighted by Crippen LogP contribution is -2.30. The Kier molecular flexibility index (Phi) is 3.08. The van der Waals surface area contributed by atoms with E-state index >= 15 is 0 Å². The van der Waals surface area contributed by atoms with Crippen molar-refractivity contribution >= 4 is 22.5 Å². The van der Waals surface area contributed by atoms with E-state index in [4.69, 9.17) is 11.6 Å². The van der Waals surface area contributed by atoms with Crippen LogP contribution in [0.2, 0.25) is 5.02 Å². The maximum atomic E-state index is 12.2. The van der Waals surface area contributed by atoms with Crippen LogP contribution in [-0.4, -0.2) is 4.98 Å². The number of benzene rings is 2. The summed E-state index contributed by atoms with van der Waals surface area (Å²) in [6.45, 7) is 0. The van der Waals surface area contributed by atoms with Gasteiger partial charge in [-0.05, 0) is 30.3 Å². The van der Waals surface area contributed by atoms with Gasteiger partial charge < -0.3 is 5.21 Å². The van der Waals surface area contributed by atoms with Gasteiger partial charge in [0.05, 0.1) is 10.9 Å². The lowest BCUT2D eigenvalue weighted by molar-refractivity contribution is -0.592. The molecule has 1 heterocycles. The van der Waals surface area contributed by atoms with Gasteiger partial charge in [-0.15, -0.1) is 0 Å². The highest BCUT2D eigenvalue weighted by Gasteiger charge is 2.14. The third-order valence-electron chi connectivity index (χ3n) is 2.94. The van der Waals surface area contributed by atoms with Crippen molar-refractivity contribution in [3.05, 3.63) is 75.3 Å². The maximum Gasteiger partial charge on any atom is 0.335 e. The molecule has 0 saturated heterocycles. The summed E-state index contributed by atoms with van der Waals surface area (Å²) in [5.41, 5.74) is 0.909. The zero-order valence-corrected chi connectivity index (χ0v) is 11.0. The molecule has 0 unspecified atom stereocenters. The zero-order valence-electron chi connectivity index (χ0n) is 10.3. The topological polar surface area (TPSA) is 56.9 Å². The minimum Gasteiger partial charge on any atom is -0.618 e. The van der Waals surface area contributed by atoms with Gasteiger partial charge in [-0.2, -0.15) is 4.73 Å². The fourth-order valence-electron chi connectivity index (χ4n) is 2.11. The summed E-state index contributed by atoms with van der Waals surface area (Å²) in [4.78, 5) is 15.5. The van der Waals surface area contributed by atoms with Crippen LogP contribution in [0.4, 0.5) is 0 Å². The first-order chi connectivity index (χ1) is 9.65.